The van der Waals surface area contributed by atoms with Crippen molar-refractivity contribution < 1.29 is 19.4 Å². The highest BCUT2D eigenvalue weighted by molar-refractivity contribution is 5.85. The van der Waals surface area contributed by atoms with Crippen LogP contribution in [0.5, 0.6) is 0 Å². The molecule has 4 nitrogen and oxygen atoms in total. The number of rotatable bonds is 6. The molecule has 0 amide bonds. The lowest BCUT2D eigenvalue weighted by molar-refractivity contribution is -0.131. The average molecular weight is 290 g/mol. The van der Waals surface area contributed by atoms with Gasteiger partial charge in [0.1, 0.15) is 0 Å². The Morgan fingerprint density at radius 3 is 2.67 bits per heavy atom. The smallest absolute Gasteiger partial charge is 0.328 e. The maximum absolute atomic E-state index is 10.5. The van der Waals surface area contributed by atoms with Crippen LogP contribution < -0.4 is 0 Å². The molecule has 1 aliphatic carbocycles. The molecule has 0 saturated heterocycles. The van der Waals surface area contributed by atoms with Gasteiger partial charge in [0.05, 0.1) is 18.8 Å². The molecule has 1 N–H and O–H groups in total. The quantitative estimate of drug-likeness (QED) is 0.817. The van der Waals surface area contributed by atoms with Gasteiger partial charge in [0, 0.05) is 13.2 Å². The molecule has 2 unspecified atom stereocenters. The Labute approximate surface area is 125 Å². The van der Waals surface area contributed by atoms with Crippen molar-refractivity contribution in [2.24, 2.45) is 0 Å². The van der Waals surface area contributed by atoms with Gasteiger partial charge in [-0.3, -0.25) is 0 Å². The Hall–Kier alpha value is -1.65. The van der Waals surface area contributed by atoms with Gasteiger partial charge in [-0.2, -0.15) is 0 Å². The van der Waals surface area contributed by atoms with Crippen molar-refractivity contribution in [1.82, 2.24) is 0 Å². The maximum atomic E-state index is 10.5. The van der Waals surface area contributed by atoms with E-state index in [0.29, 0.717) is 12.7 Å². The first-order chi connectivity index (χ1) is 10.2. The summed E-state index contributed by atoms with van der Waals surface area (Å²) in [5, 5.41) is 8.58. The van der Waals surface area contributed by atoms with Crippen molar-refractivity contribution in [1.29, 1.82) is 0 Å². The Morgan fingerprint density at radius 1 is 1.29 bits per heavy atom. The topological polar surface area (TPSA) is 55.8 Å². The van der Waals surface area contributed by atoms with Crippen LogP contribution in [0.25, 0.3) is 6.08 Å². The van der Waals surface area contributed by atoms with Gasteiger partial charge in [-0.15, -0.1) is 0 Å². The summed E-state index contributed by atoms with van der Waals surface area (Å²) in [6.07, 6.45) is 7.66. The first-order valence-electron chi connectivity index (χ1n) is 7.31. The third-order valence-corrected chi connectivity index (χ3v) is 3.80. The number of aliphatic carboxylic acids is 1. The number of hydrogen-bond acceptors (Lipinski definition) is 3. The minimum atomic E-state index is -0.938. The highest BCUT2D eigenvalue weighted by Crippen LogP contribution is 2.24. The van der Waals surface area contributed by atoms with Crippen LogP contribution in [0.2, 0.25) is 0 Å². The molecule has 1 fully saturated rings. The molecule has 114 valence electrons. The fourth-order valence-corrected chi connectivity index (χ4v) is 2.57. The molecule has 4 heteroatoms. The number of ether oxygens (including phenoxy) is 2. The zero-order valence-electron chi connectivity index (χ0n) is 12.3. The Morgan fingerprint density at radius 2 is 2.00 bits per heavy atom. The van der Waals surface area contributed by atoms with Crippen molar-refractivity contribution >= 4 is 12.0 Å². The van der Waals surface area contributed by atoms with E-state index in [2.05, 4.69) is 0 Å². The van der Waals surface area contributed by atoms with Crippen LogP contribution >= 0.6 is 0 Å². The minimum Gasteiger partial charge on any atom is -0.478 e. The number of hydrogen-bond donors (Lipinski definition) is 1. The van der Waals surface area contributed by atoms with Crippen LogP contribution in [0.3, 0.4) is 0 Å². The van der Waals surface area contributed by atoms with Gasteiger partial charge in [0.2, 0.25) is 0 Å². The first kappa shape index (κ1) is 15.7. The molecule has 21 heavy (non-hydrogen) atoms. The van der Waals surface area contributed by atoms with Gasteiger partial charge in [0.25, 0.3) is 0 Å². The third-order valence-electron chi connectivity index (χ3n) is 3.80. The largest absolute Gasteiger partial charge is 0.478 e. The van der Waals surface area contributed by atoms with Crippen molar-refractivity contribution in [3.05, 3.63) is 41.5 Å². The van der Waals surface area contributed by atoms with Crippen LogP contribution in [0, 0.1) is 0 Å². The number of carboxylic acid groups (broad SMARTS) is 1. The Kier molecular flexibility index (Phi) is 5.96. The fourth-order valence-electron chi connectivity index (χ4n) is 2.57. The molecule has 0 aromatic heterocycles. The molecule has 0 aliphatic heterocycles. The second kappa shape index (κ2) is 7.96. The van der Waals surface area contributed by atoms with Crippen molar-refractivity contribution in [3.8, 4) is 0 Å². The summed E-state index contributed by atoms with van der Waals surface area (Å²) in [7, 11) is 1.76. The van der Waals surface area contributed by atoms with Gasteiger partial charge >= 0.3 is 5.97 Å². The monoisotopic (exact) mass is 290 g/mol. The number of carboxylic acids is 1. The lowest BCUT2D eigenvalue weighted by atomic mass is 9.95. The third kappa shape index (κ3) is 5.33. The van der Waals surface area contributed by atoms with E-state index in [0.717, 1.165) is 42.9 Å². The van der Waals surface area contributed by atoms with E-state index in [4.69, 9.17) is 14.6 Å². The predicted octanol–water partition coefficient (Wildman–Crippen LogP) is 3.26. The summed E-state index contributed by atoms with van der Waals surface area (Å²) in [5.74, 6) is -0.938. The lowest BCUT2D eigenvalue weighted by Crippen LogP contribution is -2.27. The maximum Gasteiger partial charge on any atom is 0.328 e. The summed E-state index contributed by atoms with van der Waals surface area (Å²) in [5.41, 5.74) is 1.97. The SMILES string of the molecule is COC1CCCC(OCc2ccc(C=CC(=O)O)cc2)C1. The summed E-state index contributed by atoms with van der Waals surface area (Å²) >= 11 is 0. The van der Waals surface area contributed by atoms with Gasteiger partial charge in [-0.05, 0) is 42.9 Å². The van der Waals surface area contributed by atoms with Gasteiger partial charge < -0.3 is 14.6 Å². The Balaban J connectivity index is 1.82. The molecule has 2 rings (SSSR count). The predicted molar refractivity (Wildman–Crippen MR) is 81.0 cm³/mol. The van der Waals surface area contributed by atoms with Crippen LogP contribution in [0.1, 0.15) is 36.8 Å². The second-order valence-electron chi connectivity index (χ2n) is 5.37. The molecule has 1 aliphatic rings. The summed E-state index contributed by atoms with van der Waals surface area (Å²) in [6.45, 7) is 0.587. The molecule has 0 spiro atoms. The number of methoxy groups -OCH3 is 1. The Bertz CT molecular complexity index is 478. The van der Waals surface area contributed by atoms with Crippen molar-refractivity contribution in [3.63, 3.8) is 0 Å². The van der Waals surface area contributed by atoms with Gasteiger partial charge in [-0.25, -0.2) is 4.79 Å². The van der Waals surface area contributed by atoms with E-state index in [1.807, 2.05) is 24.3 Å². The molecular weight excluding hydrogens is 268 g/mol. The van der Waals surface area contributed by atoms with Gasteiger partial charge in [0.15, 0.2) is 0 Å². The fraction of sp³-hybridized carbons (Fsp3) is 0.471. The number of carbonyl (C=O) groups is 1. The molecule has 2 atom stereocenters. The first-order valence-corrected chi connectivity index (χ1v) is 7.31. The minimum absolute atomic E-state index is 0.273. The molecule has 1 aromatic rings. The van der Waals surface area contributed by atoms with Crippen LogP contribution in [0.15, 0.2) is 30.3 Å². The zero-order valence-corrected chi connectivity index (χ0v) is 12.3. The normalized spacial score (nSPS) is 22.5. The average Bonchev–Trinajstić information content (AvgIpc) is 2.52. The van der Waals surface area contributed by atoms with E-state index in [1.165, 1.54) is 0 Å². The standard InChI is InChI=1S/C17H22O4/c1-20-15-3-2-4-16(11-15)21-12-14-7-5-13(6-8-14)9-10-17(18)19/h5-10,15-16H,2-4,11-12H2,1H3,(H,18,19). The molecule has 0 radical (unpaired) electrons. The lowest BCUT2D eigenvalue weighted by Gasteiger charge is -2.28. The molecule has 1 aromatic carbocycles. The van der Waals surface area contributed by atoms with Crippen molar-refractivity contribution in [2.45, 2.75) is 44.5 Å². The van der Waals surface area contributed by atoms with Crippen LogP contribution in [-0.2, 0) is 20.9 Å². The number of benzene rings is 1. The van der Waals surface area contributed by atoms with E-state index in [9.17, 15) is 4.79 Å². The summed E-state index contributed by atoms with van der Waals surface area (Å²) in [4.78, 5) is 10.5. The van der Waals surface area contributed by atoms with E-state index >= 15 is 0 Å². The molecule has 1 saturated carbocycles. The van der Waals surface area contributed by atoms with Crippen LogP contribution in [-0.4, -0.2) is 30.4 Å². The second-order valence-corrected chi connectivity index (χ2v) is 5.37. The van der Waals surface area contributed by atoms with Crippen molar-refractivity contribution in [2.75, 3.05) is 7.11 Å². The van der Waals surface area contributed by atoms with E-state index < -0.39 is 5.97 Å². The molecule has 0 heterocycles. The molecule has 0 bridgehead atoms. The molecular formula is C17H22O4. The van der Waals surface area contributed by atoms with E-state index in [1.54, 1.807) is 13.2 Å². The van der Waals surface area contributed by atoms with Crippen LogP contribution in [0.4, 0.5) is 0 Å². The highest BCUT2D eigenvalue weighted by atomic mass is 16.5. The summed E-state index contributed by atoms with van der Waals surface area (Å²) in [6, 6.07) is 7.74. The van der Waals surface area contributed by atoms with Gasteiger partial charge in [-0.1, -0.05) is 24.3 Å². The highest BCUT2D eigenvalue weighted by Gasteiger charge is 2.21. The summed E-state index contributed by atoms with van der Waals surface area (Å²) < 4.78 is 11.3. The zero-order chi connectivity index (χ0) is 15.1. The van der Waals surface area contributed by atoms with E-state index in [-0.39, 0.29) is 6.10 Å².